The first-order valence-corrected chi connectivity index (χ1v) is 14.3. The lowest BCUT2D eigenvalue weighted by atomic mass is 9.36. The van der Waals surface area contributed by atoms with Gasteiger partial charge in [-0.2, -0.15) is 0 Å². The van der Waals surface area contributed by atoms with Crippen molar-refractivity contribution in [2.45, 2.75) is 93.6 Å². The molecule has 5 fully saturated rings. The third-order valence-corrected chi connectivity index (χ3v) is 17.1. The van der Waals surface area contributed by atoms with Crippen LogP contribution >= 0.6 is 15.9 Å². The zero-order valence-electron chi connectivity index (χ0n) is 18.3. The number of hydrogen-bond acceptors (Lipinski definition) is 3. The largest absolute Gasteiger partial charge is 0.408 e. The molecule has 5 aliphatic rings. The second kappa shape index (κ2) is 5.86. The molecule has 1 amide bonds. The number of carbonyl (C=O) groups excluding carboxylic acids is 1. The van der Waals surface area contributed by atoms with Gasteiger partial charge in [-0.15, -0.1) is 0 Å². The van der Waals surface area contributed by atoms with Gasteiger partial charge in [0, 0.05) is 5.92 Å². The monoisotopic (exact) mass is 469 g/mol. The summed E-state index contributed by atoms with van der Waals surface area (Å²) in [6.07, 6.45) is 1.09. The van der Waals surface area contributed by atoms with Crippen molar-refractivity contribution in [1.29, 1.82) is 0 Å². The molecule has 6 heteroatoms. The highest BCUT2D eigenvalue weighted by atomic mass is 79.9. The Kier molecular flexibility index (Phi) is 4.19. The molecule has 5 rings (SSSR count). The Bertz CT molecular complexity index is 692. The Morgan fingerprint density at radius 2 is 1.79 bits per heavy atom. The minimum atomic E-state index is -2.13. The van der Waals surface area contributed by atoms with E-state index in [1.165, 1.54) is 0 Å². The second-order valence-corrected chi connectivity index (χ2v) is 18.0. The predicted octanol–water partition coefficient (Wildman–Crippen LogP) is 4.48. The Morgan fingerprint density at radius 3 is 2.32 bits per heavy atom. The molecule has 0 aromatic carbocycles. The van der Waals surface area contributed by atoms with E-state index in [4.69, 9.17) is 9.16 Å². The van der Waals surface area contributed by atoms with Gasteiger partial charge in [0.05, 0.1) is 24.4 Å². The molecule has 28 heavy (non-hydrogen) atoms. The van der Waals surface area contributed by atoms with E-state index >= 15 is 0 Å². The first-order valence-electron chi connectivity index (χ1n) is 11.4. The molecule has 1 N–H and O–H groups in total. The van der Waals surface area contributed by atoms with Gasteiger partial charge in [0.2, 0.25) is 14.2 Å². The Morgan fingerprint density at radius 1 is 1.18 bits per heavy atom. The predicted molar refractivity (Wildman–Crippen MR) is 116 cm³/mol. The van der Waals surface area contributed by atoms with E-state index in [0.717, 1.165) is 13.0 Å². The third kappa shape index (κ3) is 1.89. The molecular formula is C22H36BrNO3Si. The van der Waals surface area contributed by atoms with Crippen LogP contribution in [0.25, 0.3) is 0 Å². The molecule has 3 aliphatic carbocycles. The fourth-order valence-electron chi connectivity index (χ4n) is 8.65. The van der Waals surface area contributed by atoms with E-state index in [2.05, 4.69) is 69.7 Å². The van der Waals surface area contributed by atoms with Crippen molar-refractivity contribution in [2.75, 3.05) is 6.61 Å². The van der Waals surface area contributed by atoms with E-state index < -0.39 is 12.6 Å². The van der Waals surface area contributed by atoms with Gasteiger partial charge in [-0.3, -0.25) is 4.79 Å². The number of halogens is 1. The van der Waals surface area contributed by atoms with Crippen molar-refractivity contribution in [3.63, 3.8) is 0 Å². The summed E-state index contributed by atoms with van der Waals surface area (Å²) in [6, 6.07) is 0.129. The Labute approximate surface area is 179 Å². The average Bonchev–Trinajstić information content (AvgIpc) is 2.99. The van der Waals surface area contributed by atoms with Crippen LogP contribution in [-0.2, 0) is 14.0 Å². The van der Waals surface area contributed by atoms with E-state index in [9.17, 15) is 4.79 Å². The summed E-state index contributed by atoms with van der Waals surface area (Å²) in [5, 5.41) is 3.34. The lowest BCUT2D eigenvalue weighted by Gasteiger charge is -2.78. The zero-order valence-corrected chi connectivity index (χ0v) is 20.9. The Hall–Kier alpha value is 0.0869. The maximum atomic E-state index is 13.3. The van der Waals surface area contributed by atoms with Gasteiger partial charge in [-0.05, 0) is 46.7 Å². The summed E-state index contributed by atoms with van der Waals surface area (Å²) in [4.78, 5) is 13.3. The van der Waals surface area contributed by atoms with E-state index in [1.54, 1.807) is 0 Å². The third-order valence-electron chi connectivity index (χ3n) is 9.68. The van der Waals surface area contributed by atoms with Gasteiger partial charge in [0.25, 0.3) is 0 Å². The number of alkyl halides is 1. The number of ether oxygens (including phenoxy) is 1. The lowest BCUT2D eigenvalue weighted by Crippen LogP contribution is -2.92. The molecule has 0 radical (unpaired) electrons. The van der Waals surface area contributed by atoms with Crippen LogP contribution < -0.4 is 5.32 Å². The summed E-state index contributed by atoms with van der Waals surface area (Å²) >= 11 is 4.00. The molecule has 2 bridgehead atoms. The molecule has 3 saturated carbocycles. The number of nitrogens with one attached hydrogen (secondary N) is 1. The quantitative estimate of drug-likeness (QED) is 0.476. The van der Waals surface area contributed by atoms with E-state index in [0.29, 0.717) is 46.2 Å². The van der Waals surface area contributed by atoms with Gasteiger partial charge in [0.15, 0.2) is 0 Å². The van der Waals surface area contributed by atoms with Crippen LogP contribution in [0.3, 0.4) is 0 Å². The number of rotatable bonds is 5. The second-order valence-electron chi connectivity index (χ2n) is 11.2. The van der Waals surface area contributed by atoms with Crippen LogP contribution in [0.4, 0.5) is 0 Å². The first kappa shape index (κ1) is 20.0. The van der Waals surface area contributed by atoms with Crippen molar-refractivity contribution in [3.8, 4) is 0 Å². The normalized spacial score (nSPS) is 51.1. The van der Waals surface area contributed by atoms with E-state index in [1.807, 2.05) is 0 Å². The van der Waals surface area contributed by atoms with Crippen LogP contribution in [0.15, 0.2) is 0 Å². The minimum Gasteiger partial charge on any atom is -0.408 e. The summed E-state index contributed by atoms with van der Waals surface area (Å²) in [5.74, 6) is 2.71. The van der Waals surface area contributed by atoms with E-state index in [-0.39, 0.29) is 23.7 Å². The summed E-state index contributed by atoms with van der Waals surface area (Å²) in [5.41, 5.74) is 1.20. The SMILES string of the molecule is CC(C)[Si](O[C@]12C3C[C@]1(Br)C(=O)N[C@H]3[C@@H]1OC[C@@H]3[C@@H](C)[C@H]2[C@H]31)(C(C)C)C(C)C. The van der Waals surface area contributed by atoms with Crippen LogP contribution in [-0.4, -0.2) is 42.9 Å². The van der Waals surface area contributed by atoms with Crippen LogP contribution in [0.1, 0.15) is 54.9 Å². The molecule has 9 atom stereocenters. The minimum absolute atomic E-state index is 0.129. The molecule has 0 aromatic heterocycles. The zero-order chi connectivity index (χ0) is 20.4. The number of fused-ring (bicyclic) bond motifs is 4. The van der Waals surface area contributed by atoms with Gasteiger partial charge in [-0.1, -0.05) is 64.4 Å². The summed E-state index contributed by atoms with van der Waals surface area (Å²) in [6.45, 7) is 17.4. The topological polar surface area (TPSA) is 47.6 Å². The lowest BCUT2D eigenvalue weighted by molar-refractivity contribution is -0.277. The fourth-order valence-corrected chi connectivity index (χ4v) is 15.7. The van der Waals surface area contributed by atoms with Crippen LogP contribution in [0, 0.1) is 29.6 Å². The van der Waals surface area contributed by atoms with Crippen molar-refractivity contribution in [3.05, 3.63) is 0 Å². The first-order chi connectivity index (χ1) is 13.0. The molecule has 0 spiro atoms. The number of piperidine rings is 2. The highest BCUT2D eigenvalue weighted by Crippen LogP contribution is 2.76. The average molecular weight is 471 g/mol. The number of carbonyl (C=O) groups is 1. The van der Waals surface area contributed by atoms with Crippen molar-refractivity contribution >= 4 is 30.2 Å². The van der Waals surface area contributed by atoms with Gasteiger partial charge >= 0.3 is 0 Å². The van der Waals surface area contributed by atoms with Crippen molar-refractivity contribution in [2.24, 2.45) is 29.6 Å². The molecule has 4 nitrogen and oxygen atoms in total. The highest BCUT2D eigenvalue weighted by molar-refractivity contribution is 9.10. The highest BCUT2D eigenvalue weighted by Gasteiger charge is 2.86. The molecule has 2 heterocycles. The van der Waals surface area contributed by atoms with Crippen molar-refractivity contribution < 1.29 is 14.0 Å². The molecule has 1 unspecified atom stereocenters. The number of amides is 1. The Balaban J connectivity index is 1.66. The summed E-state index contributed by atoms with van der Waals surface area (Å²) < 4.78 is 13.4. The van der Waals surface area contributed by atoms with Gasteiger partial charge < -0.3 is 14.5 Å². The standard InChI is InChI=1S/C22H36BrNO3Si/c1-10(2)28(11(3)4,12(5)6)27-22-15-8-21(22,23)20(25)24-18(15)19-16-14(9-26-19)13(7)17(16)22/h10-19H,8-9H2,1-7H3,(H,24,25)/t13-,14-,15?,16+,17+,18-,19-,21+,22+/m1/s1. The number of hydrogen-bond donors (Lipinski definition) is 1. The van der Waals surface area contributed by atoms with Gasteiger partial charge in [0.1, 0.15) is 4.32 Å². The molecule has 0 aromatic rings. The van der Waals surface area contributed by atoms with Gasteiger partial charge in [-0.25, -0.2) is 0 Å². The maximum absolute atomic E-state index is 13.3. The smallest absolute Gasteiger partial charge is 0.240 e. The maximum Gasteiger partial charge on any atom is 0.240 e. The molecule has 2 saturated heterocycles. The van der Waals surface area contributed by atoms with Crippen LogP contribution in [0.2, 0.25) is 16.6 Å². The molecule has 158 valence electrons. The molecule has 2 aliphatic heterocycles. The van der Waals surface area contributed by atoms with Crippen molar-refractivity contribution in [1.82, 2.24) is 5.32 Å². The summed E-state index contributed by atoms with van der Waals surface area (Å²) in [7, 11) is -2.13. The van der Waals surface area contributed by atoms with Crippen LogP contribution in [0.5, 0.6) is 0 Å². The fraction of sp³-hybridized carbons (Fsp3) is 0.955. The molecular weight excluding hydrogens is 434 g/mol.